The molecule has 30 heavy (non-hydrogen) atoms. The number of benzene rings is 2. The number of anilines is 2. The minimum atomic E-state index is -0.469. The van der Waals surface area contributed by atoms with Crippen molar-refractivity contribution in [2.24, 2.45) is 0 Å². The predicted molar refractivity (Wildman–Crippen MR) is 114 cm³/mol. The van der Waals surface area contributed by atoms with Crippen LogP contribution in [-0.4, -0.2) is 38.9 Å². The number of Topliss-reactive ketones (excluding diaryl/α,β-unsaturated/α-hetero) is 1. The molecule has 0 aliphatic rings. The third-order valence-corrected chi connectivity index (χ3v) is 4.19. The lowest BCUT2D eigenvalue weighted by atomic mass is 10.1. The maximum absolute atomic E-state index is 12.5. The number of carbonyl (C=O) groups excluding carboxylic acids is 3. The fourth-order valence-electron chi connectivity index (χ4n) is 2.61. The van der Waals surface area contributed by atoms with E-state index in [1.807, 2.05) is 0 Å². The zero-order valence-electron chi connectivity index (χ0n) is 17.5. The molecule has 0 atom stereocenters. The first-order valence-corrected chi connectivity index (χ1v) is 9.00. The molecule has 8 heteroatoms. The maximum Gasteiger partial charge on any atom is 0.251 e. The van der Waals surface area contributed by atoms with Crippen LogP contribution in [0.2, 0.25) is 0 Å². The lowest BCUT2D eigenvalue weighted by Crippen LogP contribution is -2.16. The lowest BCUT2D eigenvalue weighted by molar-refractivity contribution is -0.114. The number of hydrogen-bond donors (Lipinski definition) is 2. The van der Waals surface area contributed by atoms with Crippen molar-refractivity contribution in [2.45, 2.75) is 13.8 Å². The average Bonchev–Trinajstić information content (AvgIpc) is 2.73. The Kier molecular flexibility index (Phi) is 7.57. The Morgan fingerprint density at radius 1 is 0.800 bits per heavy atom. The average molecular weight is 412 g/mol. The summed E-state index contributed by atoms with van der Waals surface area (Å²) in [6, 6.07) is 9.64. The molecule has 2 N–H and O–H groups in total. The van der Waals surface area contributed by atoms with Crippen LogP contribution in [0.1, 0.15) is 24.2 Å². The van der Waals surface area contributed by atoms with E-state index < -0.39 is 11.8 Å². The van der Waals surface area contributed by atoms with Crippen LogP contribution in [-0.2, 0) is 9.59 Å². The molecule has 0 bridgehead atoms. The van der Waals surface area contributed by atoms with Crippen LogP contribution in [0.25, 0.3) is 0 Å². The third kappa shape index (κ3) is 5.60. The highest BCUT2D eigenvalue weighted by molar-refractivity contribution is 6.10. The van der Waals surface area contributed by atoms with Crippen molar-refractivity contribution in [3.05, 3.63) is 53.6 Å². The van der Waals surface area contributed by atoms with E-state index in [-0.39, 0.29) is 11.4 Å². The standard InChI is InChI=1S/C22H24N2O6/c1-13(10-20(26)23-16-8-6-15(7-9-16)14(2)25)22(27)24-17-11-18(28-3)21(30-5)19(12-17)29-4/h6-12H,1-5H3,(H,23,26)(H,24,27)/b13-10+. The quantitative estimate of drug-likeness (QED) is 0.509. The van der Waals surface area contributed by atoms with E-state index in [4.69, 9.17) is 14.2 Å². The molecule has 2 aromatic rings. The van der Waals surface area contributed by atoms with Gasteiger partial charge in [0, 0.05) is 40.7 Å². The van der Waals surface area contributed by atoms with Gasteiger partial charge in [-0.25, -0.2) is 0 Å². The van der Waals surface area contributed by atoms with E-state index in [9.17, 15) is 14.4 Å². The van der Waals surface area contributed by atoms with Gasteiger partial charge in [0.15, 0.2) is 17.3 Å². The van der Waals surface area contributed by atoms with Gasteiger partial charge < -0.3 is 24.8 Å². The highest BCUT2D eigenvalue weighted by Gasteiger charge is 2.15. The second-order valence-corrected chi connectivity index (χ2v) is 6.32. The Morgan fingerprint density at radius 3 is 1.83 bits per heavy atom. The molecule has 2 rings (SSSR count). The minimum Gasteiger partial charge on any atom is -0.493 e. The molecule has 0 unspecified atom stereocenters. The normalized spacial score (nSPS) is 10.8. The zero-order chi connectivity index (χ0) is 22.3. The van der Waals surface area contributed by atoms with Crippen molar-refractivity contribution in [3.63, 3.8) is 0 Å². The van der Waals surface area contributed by atoms with E-state index >= 15 is 0 Å². The van der Waals surface area contributed by atoms with E-state index in [1.54, 1.807) is 36.4 Å². The van der Waals surface area contributed by atoms with Crippen LogP contribution >= 0.6 is 0 Å². The van der Waals surface area contributed by atoms with Crippen molar-refractivity contribution in [3.8, 4) is 17.2 Å². The fourth-order valence-corrected chi connectivity index (χ4v) is 2.61. The largest absolute Gasteiger partial charge is 0.493 e. The Morgan fingerprint density at radius 2 is 1.37 bits per heavy atom. The van der Waals surface area contributed by atoms with Crippen LogP contribution in [0.15, 0.2) is 48.0 Å². The summed E-state index contributed by atoms with van der Waals surface area (Å²) in [4.78, 5) is 36.0. The van der Waals surface area contributed by atoms with Gasteiger partial charge in [-0.15, -0.1) is 0 Å². The topological polar surface area (TPSA) is 103 Å². The highest BCUT2D eigenvalue weighted by atomic mass is 16.5. The monoisotopic (exact) mass is 412 g/mol. The van der Waals surface area contributed by atoms with Crippen molar-refractivity contribution in [1.82, 2.24) is 0 Å². The Hall–Kier alpha value is -3.81. The molecule has 158 valence electrons. The molecule has 0 spiro atoms. The molecular formula is C22H24N2O6. The van der Waals surface area contributed by atoms with E-state index in [1.165, 1.54) is 41.3 Å². The van der Waals surface area contributed by atoms with Gasteiger partial charge in [-0.05, 0) is 38.1 Å². The molecule has 2 aromatic carbocycles. The number of nitrogens with one attached hydrogen (secondary N) is 2. The van der Waals surface area contributed by atoms with Crippen molar-refractivity contribution in [2.75, 3.05) is 32.0 Å². The molecule has 0 aromatic heterocycles. The van der Waals surface area contributed by atoms with Gasteiger partial charge in [-0.2, -0.15) is 0 Å². The summed E-state index contributed by atoms with van der Waals surface area (Å²) in [6.07, 6.45) is 1.19. The maximum atomic E-state index is 12.5. The number of rotatable bonds is 8. The van der Waals surface area contributed by atoms with Gasteiger partial charge in [0.05, 0.1) is 21.3 Å². The minimum absolute atomic E-state index is 0.0629. The molecule has 0 radical (unpaired) electrons. The first-order chi connectivity index (χ1) is 14.3. The lowest BCUT2D eigenvalue weighted by Gasteiger charge is -2.14. The molecule has 0 aliphatic heterocycles. The zero-order valence-corrected chi connectivity index (χ0v) is 17.5. The van der Waals surface area contributed by atoms with Gasteiger partial charge in [0.2, 0.25) is 11.7 Å². The van der Waals surface area contributed by atoms with E-state index in [2.05, 4.69) is 10.6 Å². The summed E-state index contributed by atoms with van der Waals surface area (Å²) in [5.74, 6) is 0.183. The summed E-state index contributed by atoms with van der Waals surface area (Å²) in [6.45, 7) is 2.98. The molecular weight excluding hydrogens is 388 g/mol. The van der Waals surface area contributed by atoms with Gasteiger partial charge in [0.25, 0.3) is 5.91 Å². The molecule has 8 nitrogen and oxygen atoms in total. The fraction of sp³-hybridized carbons (Fsp3) is 0.227. The smallest absolute Gasteiger partial charge is 0.251 e. The van der Waals surface area contributed by atoms with Crippen molar-refractivity contribution < 1.29 is 28.6 Å². The number of methoxy groups -OCH3 is 3. The molecule has 0 saturated heterocycles. The van der Waals surface area contributed by atoms with Crippen LogP contribution in [0.4, 0.5) is 11.4 Å². The number of ketones is 1. The van der Waals surface area contributed by atoms with Crippen LogP contribution in [0.3, 0.4) is 0 Å². The number of hydrogen-bond acceptors (Lipinski definition) is 6. The highest BCUT2D eigenvalue weighted by Crippen LogP contribution is 2.39. The SMILES string of the molecule is COc1cc(NC(=O)/C(C)=C/C(=O)Nc2ccc(C(C)=O)cc2)cc(OC)c1OC. The van der Waals surface area contributed by atoms with Gasteiger partial charge in [0.1, 0.15) is 0 Å². The van der Waals surface area contributed by atoms with Crippen molar-refractivity contribution >= 4 is 29.0 Å². The number of amides is 2. The summed E-state index contributed by atoms with van der Waals surface area (Å²) in [5, 5.41) is 5.34. The Balaban J connectivity index is 2.10. The van der Waals surface area contributed by atoms with Gasteiger partial charge in [-0.1, -0.05) is 0 Å². The molecule has 0 aliphatic carbocycles. The molecule has 0 saturated carbocycles. The van der Waals surface area contributed by atoms with E-state index in [0.29, 0.717) is 34.2 Å². The van der Waals surface area contributed by atoms with Crippen LogP contribution < -0.4 is 24.8 Å². The molecule has 0 heterocycles. The summed E-state index contributed by atoms with van der Waals surface area (Å²) in [5.41, 5.74) is 1.67. The van der Waals surface area contributed by atoms with E-state index in [0.717, 1.165) is 0 Å². The summed E-state index contributed by atoms with van der Waals surface area (Å²) < 4.78 is 15.8. The van der Waals surface area contributed by atoms with Crippen LogP contribution in [0, 0.1) is 0 Å². The second kappa shape index (κ2) is 10.1. The Bertz CT molecular complexity index is 955. The molecule has 0 fully saturated rings. The third-order valence-electron chi connectivity index (χ3n) is 4.19. The first-order valence-electron chi connectivity index (χ1n) is 9.00. The second-order valence-electron chi connectivity index (χ2n) is 6.32. The van der Waals surface area contributed by atoms with Gasteiger partial charge in [-0.3, -0.25) is 14.4 Å². The number of ether oxygens (including phenoxy) is 3. The molecule has 2 amide bonds. The summed E-state index contributed by atoms with van der Waals surface area (Å²) in [7, 11) is 4.43. The predicted octanol–water partition coefficient (Wildman–Crippen LogP) is 3.44. The van der Waals surface area contributed by atoms with Crippen LogP contribution in [0.5, 0.6) is 17.2 Å². The number of carbonyl (C=O) groups is 3. The Labute approximate surface area is 174 Å². The van der Waals surface area contributed by atoms with Crippen molar-refractivity contribution in [1.29, 1.82) is 0 Å². The first kappa shape index (κ1) is 22.5. The summed E-state index contributed by atoms with van der Waals surface area (Å²) >= 11 is 0. The van der Waals surface area contributed by atoms with Gasteiger partial charge >= 0.3 is 0 Å².